The average Bonchev–Trinajstić information content (AvgIpc) is 2.61. The van der Waals surface area contributed by atoms with Crippen LogP contribution < -0.4 is 17.0 Å². The fourth-order valence-electron chi connectivity index (χ4n) is 2.06. The van der Waals surface area contributed by atoms with Crippen LogP contribution >= 0.6 is 0 Å². The van der Waals surface area contributed by atoms with Crippen LogP contribution in [0.5, 0.6) is 0 Å². The molecule has 0 spiro atoms. The van der Waals surface area contributed by atoms with Gasteiger partial charge in [0.05, 0.1) is 6.61 Å². The van der Waals surface area contributed by atoms with Crippen LogP contribution in [0.4, 0.5) is 5.82 Å². The van der Waals surface area contributed by atoms with Crippen LogP contribution in [0.2, 0.25) is 0 Å². The van der Waals surface area contributed by atoms with E-state index in [0.717, 1.165) is 4.57 Å². The Kier molecular flexibility index (Phi) is 3.56. The summed E-state index contributed by atoms with van der Waals surface area (Å²) in [7, 11) is 0. The molecule has 1 aliphatic heterocycles. The van der Waals surface area contributed by atoms with E-state index in [4.69, 9.17) is 15.7 Å². The second-order valence-electron chi connectivity index (χ2n) is 4.53. The molecule has 1 aromatic rings. The van der Waals surface area contributed by atoms with Gasteiger partial charge in [-0.1, -0.05) is 0 Å². The summed E-state index contributed by atoms with van der Waals surface area (Å²) < 4.78 is 6.33. The third-order valence-electron chi connectivity index (χ3n) is 3.17. The van der Waals surface area contributed by atoms with Gasteiger partial charge in [0.15, 0.2) is 6.23 Å². The predicted octanol–water partition coefficient (Wildman–Crippen LogP) is -2.47. The lowest BCUT2D eigenvalue weighted by molar-refractivity contribution is -0.0986. The van der Waals surface area contributed by atoms with Crippen LogP contribution in [0, 0.1) is 0 Å². The number of hydrogen-bond donors (Lipinski definition) is 5. The fraction of sp³-hybridized carbons (Fsp3) is 0.600. The number of aromatic nitrogens is 2. The molecular weight excluding hydrogens is 256 g/mol. The highest BCUT2D eigenvalue weighted by Gasteiger charge is 2.53. The van der Waals surface area contributed by atoms with Crippen molar-refractivity contribution in [2.45, 2.75) is 31.0 Å². The van der Waals surface area contributed by atoms with E-state index >= 15 is 0 Å². The van der Waals surface area contributed by atoms with E-state index in [2.05, 4.69) is 10.4 Å². The van der Waals surface area contributed by atoms with Gasteiger partial charge in [-0.3, -0.25) is 4.57 Å². The number of nitrogens with two attached hydrogens (primary N) is 1. The Morgan fingerprint density at radius 1 is 1.68 bits per heavy atom. The zero-order valence-electron chi connectivity index (χ0n) is 10.2. The van der Waals surface area contributed by atoms with Crippen molar-refractivity contribution < 1.29 is 20.1 Å². The van der Waals surface area contributed by atoms with Gasteiger partial charge in [0.1, 0.15) is 23.6 Å². The Morgan fingerprint density at radius 2 is 2.37 bits per heavy atom. The minimum atomic E-state index is -1.73. The van der Waals surface area contributed by atoms with E-state index < -0.39 is 36.3 Å². The number of nitrogen functional groups attached to an aromatic ring is 1. The third kappa shape index (κ3) is 2.22. The van der Waals surface area contributed by atoms with Crippen molar-refractivity contribution >= 4 is 5.82 Å². The molecule has 0 aliphatic carbocycles. The second kappa shape index (κ2) is 4.87. The summed E-state index contributed by atoms with van der Waals surface area (Å²) in [6, 6.07) is 1.42. The fourth-order valence-corrected chi connectivity index (χ4v) is 2.06. The molecule has 0 aromatic carbocycles. The molecule has 6 N–H and O–H groups in total. The van der Waals surface area contributed by atoms with E-state index in [9.17, 15) is 15.0 Å². The molecule has 106 valence electrons. The third-order valence-corrected chi connectivity index (χ3v) is 3.17. The first-order valence-corrected chi connectivity index (χ1v) is 5.64. The zero-order valence-corrected chi connectivity index (χ0v) is 10.2. The first kappa shape index (κ1) is 13.9. The van der Waals surface area contributed by atoms with Crippen LogP contribution in [0.1, 0.15) is 13.2 Å². The molecular formula is C10H16N4O5. The number of hydrogen-bond acceptors (Lipinski definition) is 8. The van der Waals surface area contributed by atoms with E-state index in [1.807, 2.05) is 0 Å². The molecule has 9 heteroatoms. The maximum absolute atomic E-state index is 11.8. The van der Waals surface area contributed by atoms with Crippen molar-refractivity contribution in [3.63, 3.8) is 0 Å². The topological polar surface area (TPSA) is 143 Å². The molecule has 1 saturated heterocycles. The minimum absolute atomic E-state index is 0.165. The summed E-state index contributed by atoms with van der Waals surface area (Å²) in [5.41, 5.74) is -0.210. The first-order valence-electron chi connectivity index (χ1n) is 5.64. The van der Waals surface area contributed by atoms with E-state index in [0.29, 0.717) is 0 Å². The summed E-state index contributed by atoms with van der Waals surface area (Å²) in [6.07, 6.45) is -2.11. The maximum atomic E-state index is 11.8. The molecule has 1 aliphatic rings. The molecule has 2 rings (SSSR count). The molecule has 1 fully saturated rings. The molecule has 4 atom stereocenters. The maximum Gasteiger partial charge on any atom is 0.351 e. The molecule has 0 bridgehead atoms. The van der Waals surface area contributed by atoms with Crippen LogP contribution in [-0.4, -0.2) is 49.3 Å². The molecule has 2 heterocycles. The number of rotatable bonds is 3. The highest BCUT2D eigenvalue weighted by atomic mass is 16.6. The van der Waals surface area contributed by atoms with Gasteiger partial charge in [0.2, 0.25) is 0 Å². The number of nitrogens with zero attached hydrogens (tertiary/aromatic N) is 2. The Hall–Kier alpha value is -1.52. The van der Waals surface area contributed by atoms with Crippen LogP contribution in [0.15, 0.2) is 17.1 Å². The van der Waals surface area contributed by atoms with Crippen LogP contribution in [0.25, 0.3) is 0 Å². The van der Waals surface area contributed by atoms with Gasteiger partial charge in [-0.2, -0.15) is 4.98 Å². The highest BCUT2D eigenvalue weighted by Crippen LogP contribution is 2.37. The smallest absolute Gasteiger partial charge is 0.351 e. The summed E-state index contributed by atoms with van der Waals surface area (Å²) in [5, 5.41) is 29.1. The average molecular weight is 272 g/mol. The molecule has 1 aromatic heterocycles. The Morgan fingerprint density at radius 3 is 2.84 bits per heavy atom. The second-order valence-corrected chi connectivity index (χ2v) is 4.53. The summed E-state index contributed by atoms with van der Waals surface area (Å²) in [6.45, 7) is 0.845. The largest absolute Gasteiger partial charge is 0.394 e. The SMILES string of the molecule is CC1(O)C(n2ccc(NN)nc2=O)OC(CO)[C@H]1O. The summed E-state index contributed by atoms with van der Waals surface area (Å²) >= 11 is 0. The Bertz CT molecular complexity index is 517. The number of hydrazine groups is 1. The summed E-state index contributed by atoms with van der Waals surface area (Å²) in [4.78, 5) is 15.4. The number of anilines is 1. The quantitative estimate of drug-likeness (QED) is 0.301. The lowest BCUT2D eigenvalue weighted by Gasteiger charge is -2.27. The lowest BCUT2D eigenvalue weighted by Crippen LogP contribution is -2.46. The minimum Gasteiger partial charge on any atom is -0.394 e. The molecule has 19 heavy (non-hydrogen) atoms. The Balaban J connectivity index is 2.39. The number of nitrogens with one attached hydrogen (secondary N) is 1. The lowest BCUT2D eigenvalue weighted by atomic mass is 9.96. The standard InChI is InChI=1S/C10H16N4O5/c1-10(18)7(16)5(4-15)19-8(10)14-3-2-6(13-11)12-9(14)17/h2-3,5,7-8,15-16,18H,4,11H2,1H3,(H,12,13,17)/t5?,7-,8?,10?/m1/s1. The van der Waals surface area contributed by atoms with Gasteiger partial charge >= 0.3 is 5.69 Å². The van der Waals surface area contributed by atoms with Crippen LogP contribution in [0.3, 0.4) is 0 Å². The first-order chi connectivity index (χ1) is 8.91. The van der Waals surface area contributed by atoms with Crippen molar-refractivity contribution in [3.05, 3.63) is 22.7 Å². The van der Waals surface area contributed by atoms with Crippen molar-refractivity contribution in [2.75, 3.05) is 12.0 Å². The van der Waals surface area contributed by atoms with Crippen molar-refractivity contribution in [1.29, 1.82) is 0 Å². The van der Waals surface area contributed by atoms with Gasteiger partial charge in [-0.05, 0) is 13.0 Å². The van der Waals surface area contributed by atoms with Crippen LogP contribution in [-0.2, 0) is 4.74 Å². The molecule has 0 amide bonds. The van der Waals surface area contributed by atoms with E-state index in [1.165, 1.54) is 19.2 Å². The molecule has 0 saturated carbocycles. The van der Waals surface area contributed by atoms with Gasteiger partial charge < -0.3 is 25.5 Å². The normalized spacial score (nSPS) is 34.5. The van der Waals surface area contributed by atoms with Crippen molar-refractivity contribution in [2.24, 2.45) is 5.84 Å². The van der Waals surface area contributed by atoms with Crippen molar-refractivity contribution in [3.8, 4) is 0 Å². The molecule has 3 unspecified atom stereocenters. The molecule has 9 nitrogen and oxygen atoms in total. The highest BCUT2D eigenvalue weighted by molar-refractivity contribution is 5.29. The monoisotopic (exact) mass is 272 g/mol. The van der Waals surface area contributed by atoms with Gasteiger partial charge in [0.25, 0.3) is 0 Å². The van der Waals surface area contributed by atoms with Gasteiger partial charge in [0, 0.05) is 6.20 Å². The predicted molar refractivity (Wildman–Crippen MR) is 63.9 cm³/mol. The number of aliphatic hydroxyl groups excluding tert-OH is 2. The van der Waals surface area contributed by atoms with E-state index in [1.54, 1.807) is 0 Å². The van der Waals surface area contributed by atoms with Gasteiger partial charge in [-0.25, -0.2) is 10.6 Å². The van der Waals surface area contributed by atoms with Crippen molar-refractivity contribution in [1.82, 2.24) is 9.55 Å². The molecule has 0 radical (unpaired) electrons. The Labute approximate surface area is 108 Å². The zero-order chi connectivity index (χ0) is 14.2. The number of aliphatic hydroxyl groups is 3. The number of ether oxygens (including phenoxy) is 1. The van der Waals surface area contributed by atoms with Gasteiger partial charge in [-0.15, -0.1) is 0 Å². The summed E-state index contributed by atoms with van der Waals surface area (Å²) in [5.74, 6) is 5.29. The van der Waals surface area contributed by atoms with E-state index in [-0.39, 0.29) is 5.82 Å².